The van der Waals surface area contributed by atoms with Crippen LogP contribution in [0.25, 0.3) is 0 Å². The van der Waals surface area contributed by atoms with Crippen LogP contribution in [-0.4, -0.2) is 65.9 Å². The summed E-state index contributed by atoms with van der Waals surface area (Å²) in [6.07, 6.45) is 4.08. The number of aliphatic carboxylic acids is 2. The number of hydrogen-bond donors (Lipinski definition) is 3. The molecule has 22 heavy (non-hydrogen) atoms. The quantitative estimate of drug-likeness (QED) is 0.339. The van der Waals surface area contributed by atoms with E-state index in [1.807, 2.05) is 4.57 Å². The number of aryl methyl sites for hydroxylation is 1. The first-order valence-electron chi connectivity index (χ1n) is 6.54. The lowest BCUT2D eigenvalue weighted by Gasteiger charge is -2.23. The smallest absolute Gasteiger partial charge is 0.303 e. The molecule has 0 aromatic carbocycles. The molecule has 0 aliphatic heterocycles. The molecule has 1 heterocycles. The number of aromatic amines is 1. The fourth-order valence-corrected chi connectivity index (χ4v) is 1.54. The van der Waals surface area contributed by atoms with E-state index in [1.165, 1.54) is 0 Å². The molecular weight excluding hydrogens is 314 g/mol. The monoisotopic (exact) mass is 337 g/mol. The van der Waals surface area contributed by atoms with Crippen LogP contribution in [0.15, 0.2) is 12.4 Å². The summed E-state index contributed by atoms with van der Waals surface area (Å²) < 4.78 is 2.23. The number of carbonyl (C=O) groups excluding carboxylic acids is 1. The molecule has 3 N–H and O–H groups in total. The van der Waals surface area contributed by atoms with Crippen LogP contribution in [0.5, 0.6) is 0 Å². The van der Waals surface area contributed by atoms with E-state index in [4.69, 9.17) is 10.2 Å². The Morgan fingerprint density at radius 2 is 1.95 bits per heavy atom. The van der Waals surface area contributed by atoms with Gasteiger partial charge in [-0.3, -0.25) is 4.79 Å². The fourth-order valence-electron chi connectivity index (χ4n) is 1.54. The van der Waals surface area contributed by atoms with Crippen molar-refractivity contribution in [1.29, 1.82) is 0 Å². The highest BCUT2D eigenvalue weighted by Gasteiger charge is 2.11. The molecule has 0 bridgehead atoms. The highest BCUT2D eigenvalue weighted by Crippen LogP contribution is 1.93. The zero-order chi connectivity index (χ0) is 16.5. The van der Waals surface area contributed by atoms with E-state index < -0.39 is 11.9 Å². The summed E-state index contributed by atoms with van der Waals surface area (Å²) in [5.74, 6) is -0.987. The number of aromatic nitrogens is 2. The van der Waals surface area contributed by atoms with Crippen molar-refractivity contribution >= 4 is 11.9 Å². The molecule has 0 spiro atoms. The largest absolute Gasteiger partial charge is 1.00 e. The molecule has 0 saturated heterocycles. The molecule has 0 aliphatic rings. The predicted molar refractivity (Wildman–Crippen MR) is 71.9 cm³/mol. The maximum absolute atomic E-state index is 10.3. The zero-order valence-electron chi connectivity index (χ0n) is 13.1. The highest BCUT2D eigenvalue weighted by atomic mass is 35.5. The third-order valence-corrected chi connectivity index (χ3v) is 2.37. The standard InChI is InChI=1S/C8H12N2O3.C5H11NO2.ClH/c11-6-5-10-4-3-9-7(10)1-2-8(12)13;1-6(2,3)4-5(7)8;/h3-4,11H,1-2,5-6H2,(H,12,13);4H2,1-3H3;1H. The van der Waals surface area contributed by atoms with Crippen molar-refractivity contribution in [3.8, 4) is 0 Å². The number of carbonyl (C=O) groups is 2. The van der Waals surface area contributed by atoms with E-state index in [0.29, 0.717) is 17.4 Å². The lowest BCUT2D eigenvalue weighted by Crippen LogP contribution is -3.00. The Hall–Kier alpha value is -1.64. The lowest BCUT2D eigenvalue weighted by atomic mass is 10.3. The van der Waals surface area contributed by atoms with E-state index in [1.54, 1.807) is 33.5 Å². The van der Waals surface area contributed by atoms with E-state index in [2.05, 4.69) is 4.98 Å². The zero-order valence-corrected chi connectivity index (χ0v) is 13.8. The van der Waals surface area contributed by atoms with Gasteiger partial charge >= 0.3 is 5.97 Å². The molecule has 0 radical (unpaired) electrons. The molecule has 0 saturated carbocycles. The number of aliphatic hydroxyl groups excluding tert-OH is 1. The third-order valence-electron chi connectivity index (χ3n) is 2.37. The fraction of sp³-hybridized carbons (Fsp3) is 0.615. The molecule has 1 rings (SSSR count). The average Bonchev–Trinajstić information content (AvgIpc) is 2.72. The Bertz CT molecular complexity index is 457. The van der Waals surface area contributed by atoms with Crippen molar-refractivity contribution in [1.82, 2.24) is 4.98 Å². The first-order valence-corrected chi connectivity index (χ1v) is 6.54. The number of quaternary nitrogens is 1. The summed E-state index contributed by atoms with van der Waals surface area (Å²) in [6.45, 7) is 0.626. The minimum atomic E-state index is -1.00. The topological polar surface area (TPSA) is 117 Å². The molecule has 0 atom stereocenters. The van der Waals surface area contributed by atoms with Gasteiger partial charge in [-0.2, -0.15) is 0 Å². The molecule has 0 aliphatic carbocycles. The SMILES string of the molecule is C[N+](C)(C)CC(=O)[O-].O=C(O)CCc1[nH]cc[n+]1CCO.[Cl-]. The van der Waals surface area contributed by atoms with Crippen LogP contribution in [0.3, 0.4) is 0 Å². The molecule has 1 aromatic heterocycles. The lowest BCUT2D eigenvalue weighted by molar-refractivity contribution is -0.864. The molecule has 0 unspecified atom stereocenters. The maximum Gasteiger partial charge on any atom is 0.303 e. The molecule has 1 aromatic rings. The van der Waals surface area contributed by atoms with Gasteiger partial charge < -0.3 is 37.0 Å². The van der Waals surface area contributed by atoms with Crippen LogP contribution in [0.1, 0.15) is 12.2 Å². The minimum absolute atomic E-state index is 0. The number of carboxylic acids is 2. The van der Waals surface area contributed by atoms with Gasteiger partial charge in [0, 0.05) is 0 Å². The van der Waals surface area contributed by atoms with E-state index in [0.717, 1.165) is 5.82 Å². The van der Waals surface area contributed by atoms with Gasteiger partial charge in [0.2, 0.25) is 0 Å². The first kappa shape index (κ1) is 22.6. The normalized spacial score (nSPS) is 10.2. The molecule has 0 amide bonds. The van der Waals surface area contributed by atoms with Crippen molar-refractivity contribution in [3.63, 3.8) is 0 Å². The van der Waals surface area contributed by atoms with E-state index in [9.17, 15) is 14.7 Å². The van der Waals surface area contributed by atoms with Crippen LogP contribution in [0.2, 0.25) is 0 Å². The first-order chi connectivity index (χ1) is 9.65. The van der Waals surface area contributed by atoms with Crippen LogP contribution in [0.4, 0.5) is 0 Å². The minimum Gasteiger partial charge on any atom is -1.00 e. The van der Waals surface area contributed by atoms with Gasteiger partial charge in [-0.15, -0.1) is 0 Å². The number of hydrogen-bond acceptors (Lipinski definition) is 4. The maximum atomic E-state index is 10.3. The van der Waals surface area contributed by atoms with Gasteiger partial charge in [0.15, 0.2) is 0 Å². The summed E-state index contributed by atoms with van der Waals surface area (Å²) in [6, 6.07) is 0. The van der Waals surface area contributed by atoms with Crippen LogP contribution in [-0.2, 0) is 22.6 Å². The number of nitrogens with one attached hydrogen (secondary N) is 1. The summed E-state index contributed by atoms with van der Waals surface area (Å²) in [4.78, 5) is 23.1. The molecular formula is C13H24ClN3O5. The van der Waals surface area contributed by atoms with Crippen LogP contribution < -0.4 is 22.1 Å². The second kappa shape index (κ2) is 11.0. The van der Waals surface area contributed by atoms with Gasteiger partial charge in [-0.1, -0.05) is 0 Å². The van der Waals surface area contributed by atoms with E-state index >= 15 is 0 Å². The predicted octanol–water partition coefficient (Wildman–Crippen LogP) is -5.24. The van der Waals surface area contributed by atoms with Crippen LogP contribution in [0, 0.1) is 0 Å². The Kier molecular flexibility index (Phi) is 11.3. The van der Waals surface area contributed by atoms with Crippen molar-refractivity contribution in [2.45, 2.75) is 19.4 Å². The van der Waals surface area contributed by atoms with Crippen molar-refractivity contribution < 1.29 is 46.4 Å². The number of rotatable bonds is 7. The molecule has 8 nitrogen and oxygen atoms in total. The average molecular weight is 338 g/mol. The number of carboxylic acid groups (broad SMARTS) is 2. The number of aliphatic hydroxyl groups is 1. The second-order valence-electron chi connectivity index (χ2n) is 5.54. The molecule has 128 valence electrons. The number of likely N-dealkylation sites (N-methyl/N-ethyl adjacent to an activating group) is 1. The number of halogens is 1. The van der Waals surface area contributed by atoms with Crippen molar-refractivity contribution in [2.75, 3.05) is 34.3 Å². The van der Waals surface area contributed by atoms with Crippen LogP contribution >= 0.6 is 0 Å². The van der Waals surface area contributed by atoms with Gasteiger partial charge in [0.1, 0.15) is 25.5 Å². The third kappa shape index (κ3) is 12.1. The summed E-state index contributed by atoms with van der Waals surface area (Å²) in [5, 5.41) is 27.0. The Balaban J connectivity index is 0. The van der Waals surface area contributed by atoms with Crippen molar-refractivity contribution in [3.05, 3.63) is 18.2 Å². The Morgan fingerprint density at radius 1 is 1.36 bits per heavy atom. The number of imidazole rings is 1. The number of nitrogens with zero attached hydrogens (tertiary/aromatic N) is 2. The molecule has 0 fully saturated rings. The van der Waals surface area contributed by atoms with Gasteiger partial charge in [-0.25, -0.2) is 9.55 Å². The van der Waals surface area contributed by atoms with Gasteiger partial charge in [0.05, 0.1) is 46.6 Å². The summed E-state index contributed by atoms with van der Waals surface area (Å²) >= 11 is 0. The Labute approximate surface area is 136 Å². The van der Waals surface area contributed by atoms with Gasteiger partial charge in [0.25, 0.3) is 5.82 Å². The summed E-state index contributed by atoms with van der Waals surface area (Å²) in [5.41, 5.74) is 0. The van der Waals surface area contributed by atoms with Gasteiger partial charge in [-0.05, 0) is 0 Å². The number of H-pyrrole nitrogens is 1. The summed E-state index contributed by atoms with van der Waals surface area (Å²) in [7, 11) is 5.40. The second-order valence-corrected chi connectivity index (χ2v) is 5.54. The molecule has 9 heteroatoms. The Morgan fingerprint density at radius 3 is 2.32 bits per heavy atom. The highest BCUT2D eigenvalue weighted by molar-refractivity contribution is 5.66. The van der Waals surface area contributed by atoms with E-state index in [-0.39, 0.29) is 32.0 Å². The van der Waals surface area contributed by atoms with Crippen molar-refractivity contribution in [2.24, 2.45) is 0 Å².